The maximum absolute atomic E-state index is 11.9. The van der Waals surface area contributed by atoms with Gasteiger partial charge in [0.15, 0.2) is 0 Å². The quantitative estimate of drug-likeness (QED) is 0.375. The van der Waals surface area contributed by atoms with E-state index in [9.17, 15) is 14.9 Å². The number of nitrogens with zero attached hydrogens (tertiary/aromatic N) is 2. The van der Waals surface area contributed by atoms with Crippen LogP contribution in [-0.2, 0) is 0 Å². The zero-order valence-electron chi connectivity index (χ0n) is 13.6. The van der Waals surface area contributed by atoms with Crippen LogP contribution in [0, 0.1) is 10.1 Å². The van der Waals surface area contributed by atoms with Gasteiger partial charge in [0.25, 0.3) is 11.6 Å². The lowest BCUT2D eigenvalue weighted by atomic mass is 10.2. The Labute approximate surface area is 145 Å². The maximum Gasteiger partial charge on any atom is 0.271 e. The fraction of sp³-hybridized carbons (Fsp3) is 0.0526. The van der Waals surface area contributed by atoms with Crippen molar-refractivity contribution < 1.29 is 9.72 Å². The number of nitro benzene ring substituents is 1. The van der Waals surface area contributed by atoms with Gasteiger partial charge < -0.3 is 0 Å². The second kappa shape index (κ2) is 8.93. The number of amides is 1. The molecule has 0 aromatic heterocycles. The smallest absolute Gasteiger partial charge is 0.267 e. The van der Waals surface area contributed by atoms with E-state index in [4.69, 9.17) is 0 Å². The number of allylic oxidation sites excluding steroid dienone is 3. The summed E-state index contributed by atoms with van der Waals surface area (Å²) in [5.74, 6) is -0.428. The van der Waals surface area contributed by atoms with E-state index in [0.29, 0.717) is 11.3 Å². The molecule has 0 aliphatic carbocycles. The van der Waals surface area contributed by atoms with Gasteiger partial charge in [-0.25, -0.2) is 5.43 Å². The van der Waals surface area contributed by atoms with E-state index in [1.807, 2.05) is 48.6 Å². The molecule has 6 heteroatoms. The highest BCUT2D eigenvalue weighted by Crippen LogP contribution is 2.11. The van der Waals surface area contributed by atoms with Crippen LogP contribution in [0.25, 0.3) is 6.08 Å². The number of carbonyl (C=O) groups excluding carboxylic acids is 1. The zero-order chi connectivity index (χ0) is 18.1. The molecular weight excluding hydrogens is 318 g/mol. The minimum Gasteiger partial charge on any atom is -0.267 e. The van der Waals surface area contributed by atoms with Crippen LogP contribution in [-0.4, -0.2) is 16.5 Å². The van der Waals surface area contributed by atoms with E-state index in [1.165, 1.54) is 24.3 Å². The average Bonchev–Trinajstić information content (AvgIpc) is 2.64. The molecule has 25 heavy (non-hydrogen) atoms. The molecule has 126 valence electrons. The Kier molecular flexibility index (Phi) is 6.36. The van der Waals surface area contributed by atoms with E-state index in [0.717, 1.165) is 5.56 Å². The number of carbonyl (C=O) groups is 1. The molecule has 0 aliphatic heterocycles. The topological polar surface area (TPSA) is 84.6 Å². The molecule has 0 bridgehead atoms. The summed E-state index contributed by atoms with van der Waals surface area (Å²) in [5, 5.41) is 14.5. The number of hydrazone groups is 1. The normalized spacial score (nSPS) is 11.8. The van der Waals surface area contributed by atoms with Crippen molar-refractivity contribution in [2.75, 3.05) is 0 Å². The third kappa shape index (κ3) is 5.87. The standard InChI is InChI=1S/C19H17N3O3/c1-15(7-5-6-10-16-8-3-2-4-9-16)20-21-19(23)17-11-13-18(14-12-17)22(24)25/h2-14H,1H3,(H,21,23)/b7-5+,10-6+,20-15+. The molecule has 0 saturated heterocycles. The Hall–Kier alpha value is -3.54. The summed E-state index contributed by atoms with van der Waals surface area (Å²) in [5.41, 5.74) is 4.35. The Balaban J connectivity index is 1.89. The van der Waals surface area contributed by atoms with Gasteiger partial charge in [-0.2, -0.15) is 5.10 Å². The summed E-state index contributed by atoms with van der Waals surface area (Å²) < 4.78 is 0. The van der Waals surface area contributed by atoms with Gasteiger partial charge in [0.1, 0.15) is 0 Å². The first-order valence-electron chi connectivity index (χ1n) is 7.55. The van der Waals surface area contributed by atoms with E-state index in [2.05, 4.69) is 10.5 Å². The second-order valence-electron chi connectivity index (χ2n) is 5.13. The Morgan fingerprint density at radius 3 is 2.40 bits per heavy atom. The van der Waals surface area contributed by atoms with Crippen molar-refractivity contribution in [3.63, 3.8) is 0 Å². The fourth-order valence-electron chi connectivity index (χ4n) is 1.90. The van der Waals surface area contributed by atoms with Crippen LogP contribution in [0.3, 0.4) is 0 Å². The molecule has 2 aromatic rings. The molecule has 0 heterocycles. The van der Waals surface area contributed by atoms with E-state index in [-0.39, 0.29) is 5.69 Å². The highest BCUT2D eigenvalue weighted by Gasteiger charge is 2.08. The maximum atomic E-state index is 11.9. The minimum atomic E-state index is -0.516. The van der Waals surface area contributed by atoms with Gasteiger partial charge in [-0.3, -0.25) is 14.9 Å². The first kappa shape index (κ1) is 17.8. The summed E-state index contributed by atoms with van der Waals surface area (Å²) in [6, 6.07) is 15.2. The van der Waals surface area contributed by atoms with Crippen molar-refractivity contribution in [2.45, 2.75) is 6.92 Å². The van der Waals surface area contributed by atoms with Gasteiger partial charge in [-0.05, 0) is 30.7 Å². The third-order valence-electron chi connectivity index (χ3n) is 3.21. The number of non-ortho nitro benzene ring substituents is 1. The highest BCUT2D eigenvalue weighted by molar-refractivity contribution is 5.97. The van der Waals surface area contributed by atoms with Crippen molar-refractivity contribution in [3.05, 3.63) is 94.1 Å². The van der Waals surface area contributed by atoms with E-state index >= 15 is 0 Å². The molecule has 0 unspecified atom stereocenters. The van der Waals surface area contributed by atoms with E-state index in [1.54, 1.807) is 13.0 Å². The Morgan fingerprint density at radius 1 is 1.08 bits per heavy atom. The molecule has 0 radical (unpaired) electrons. The lowest BCUT2D eigenvalue weighted by Crippen LogP contribution is -2.18. The minimum absolute atomic E-state index is 0.0654. The van der Waals surface area contributed by atoms with Gasteiger partial charge in [0, 0.05) is 17.7 Å². The Bertz CT molecular complexity index is 823. The molecule has 0 saturated carbocycles. The monoisotopic (exact) mass is 335 g/mol. The number of hydrogen-bond acceptors (Lipinski definition) is 4. The van der Waals surface area contributed by atoms with Gasteiger partial charge >= 0.3 is 0 Å². The average molecular weight is 335 g/mol. The zero-order valence-corrected chi connectivity index (χ0v) is 13.6. The first-order valence-corrected chi connectivity index (χ1v) is 7.55. The first-order chi connectivity index (χ1) is 12.1. The van der Waals surface area contributed by atoms with Crippen molar-refractivity contribution in [1.82, 2.24) is 5.43 Å². The van der Waals surface area contributed by atoms with Crippen LogP contribution in [0.15, 0.2) is 77.9 Å². The number of benzene rings is 2. The number of nitrogens with one attached hydrogen (secondary N) is 1. The van der Waals surface area contributed by atoms with Gasteiger partial charge in [-0.15, -0.1) is 0 Å². The van der Waals surface area contributed by atoms with Crippen LogP contribution in [0.1, 0.15) is 22.8 Å². The van der Waals surface area contributed by atoms with Crippen LogP contribution in [0.5, 0.6) is 0 Å². The molecule has 1 N–H and O–H groups in total. The predicted molar refractivity (Wildman–Crippen MR) is 98.3 cm³/mol. The molecule has 2 rings (SSSR count). The van der Waals surface area contributed by atoms with Crippen molar-refractivity contribution in [3.8, 4) is 0 Å². The predicted octanol–water partition coefficient (Wildman–Crippen LogP) is 3.97. The van der Waals surface area contributed by atoms with Crippen molar-refractivity contribution in [2.24, 2.45) is 5.10 Å². The highest BCUT2D eigenvalue weighted by atomic mass is 16.6. The number of hydrogen-bond donors (Lipinski definition) is 1. The molecule has 6 nitrogen and oxygen atoms in total. The van der Waals surface area contributed by atoms with Gasteiger partial charge in [0.2, 0.25) is 0 Å². The molecule has 0 aliphatic rings. The Morgan fingerprint density at radius 2 is 1.76 bits per heavy atom. The SMILES string of the molecule is CC(/C=C/C=C/c1ccccc1)=N\NC(=O)c1ccc([N+](=O)[O-])cc1. The third-order valence-corrected chi connectivity index (χ3v) is 3.21. The number of rotatable bonds is 6. The van der Waals surface area contributed by atoms with Crippen LogP contribution < -0.4 is 5.43 Å². The van der Waals surface area contributed by atoms with E-state index < -0.39 is 10.8 Å². The summed E-state index contributed by atoms with van der Waals surface area (Å²) >= 11 is 0. The molecular formula is C19H17N3O3. The lowest BCUT2D eigenvalue weighted by Gasteiger charge is -2.00. The molecule has 0 spiro atoms. The van der Waals surface area contributed by atoms with Gasteiger partial charge in [0.05, 0.1) is 10.6 Å². The summed E-state index contributed by atoms with van der Waals surface area (Å²) in [4.78, 5) is 22.0. The van der Waals surface area contributed by atoms with Crippen molar-refractivity contribution in [1.29, 1.82) is 0 Å². The summed E-state index contributed by atoms with van der Waals surface area (Å²) in [7, 11) is 0. The lowest BCUT2D eigenvalue weighted by molar-refractivity contribution is -0.384. The van der Waals surface area contributed by atoms with Crippen molar-refractivity contribution >= 4 is 23.4 Å². The second-order valence-corrected chi connectivity index (χ2v) is 5.13. The molecule has 0 atom stereocenters. The molecule has 1 amide bonds. The molecule has 2 aromatic carbocycles. The molecule has 0 fully saturated rings. The number of nitro groups is 1. The van der Waals surface area contributed by atoms with Gasteiger partial charge in [-0.1, -0.05) is 48.6 Å². The summed E-state index contributed by atoms with van der Waals surface area (Å²) in [6.07, 6.45) is 7.42. The summed E-state index contributed by atoms with van der Waals surface area (Å²) in [6.45, 7) is 1.75. The fourth-order valence-corrected chi connectivity index (χ4v) is 1.90. The van der Waals surface area contributed by atoms with Crippen LogP contribution >= 0.6 is 0 Å². The van der Waals surface area contributed by atoms with Crippen LogP contribution in [0.2, 0.25) is 0 Å². The largest absolute Gasteiger partial charge is 0.271 e. The van der Waals surface area contributed by atoms with Crippen LogP contribution in [0.4, 0.5) is 5.69 Å².